The van der Waals surface area contributed by atoms with Crippen LogP contribution < -0.4 is 5.32 Å². The Bertz CT molecular complexity index is 1100. The summed E-state index contributed by atoms with van der Waals surface area (Å²) < 4.78 is 37.7. The fourth-order valence-electron chi connectivity index (χ4n) is 4.56. The molecule has 4 rings (SSSR count). The molecule has 1 heterocycles. The predicted octanol–water partition coefficient (Wildman–Crippen LogP) is 4.52. The average Bonchev–Trinajstić information content (AvgIpc) is 2.85. The number of halogens is 2. The van der Waals surface area contributed by atoms with Crippen molar-refractivity contribution in [3.63, 3.8) is 0 Å². The average molecular weight is 481 g/mol. The molecule has 0 fully saturated rings. The second-order valence-corrected chi connectivity index (χ2v) is 8.82. The van der Waals surface area contributed by atoms with Crippen LogP contribution in [0.1, 0.15) is 39.4 Å². The van der Waals surface area contributed by atoms with Crippen molar-refractivity contribution in [3.8, 4) is 0 Å². The molecule has 0 spiro atoms. The summed E-state index contributed by atoms with van der Waals surface area (Å²) in [7, 11) is 3.35. The third-order valence-corrected chi connectivity index (χ3v) is 6.29. The highest BCUT2D eigenvalue weighted by Crippen LogP contribution is 2.26. The quantitative estimate of drug-likeness (QED) is 0.489. The molecule has 0 unspecified atom stereocenters. The van der Waals surface area contributed by atoms with Crippen molar-refractivity contribution in [2.24, 2.45) is 0 Å². The SMILES string of the molecule is COCc1cc2c(cc1COC)CN(CC(=O)NC(c1ccc(F)cc1)c1ccc(F)cc1)CC2. The number of nitrogens with one attached hydrogen (secondary N) is 1. The Kier molecular flexibility index (Phi) is 8.23. The molecule has 0 atom stereocenters. The maximum atomic E-state index is 13.5. The number of nitrogens with zero attached hydrogens (tertiary/aromatic N) is 1. The smallest absolute Gasteiger partial charge is 0.234 e. The Morgan fingerprint density at radius 2 is 1.40 bits per heavy atom. The minimum atomic E-state index is -0.509. The first-order chi connectivity index (χ1) is 17.0. The number of carbonyl (C=O) groups excluding carboxylic acids is 1. The van der Waals surface area contributed by atoms with E-state index >= 15 is 0 Å². The molecule has 1 aliphatic heterocycles. The van der Waals surface area contributed by atoms with Gasteiger partial charge in [-0.25, -0.2) is 8.78 Å². The molecule has 3 aromatic rings. The number of rotatable bonds is 9. The van der Waals surface area contributed by atoms with E-state index in [-0.39, 0.29) is 24.1 Å². The summed E-state index contributed by atoms with van der Waals surface area (Å²) in [4.78, 5) is 15.2. The summed E-state index contributed by atoms with van der Waals surface area (Å²) in [5, 5.41) is 3.06. The van der Waals surface area contributed by atoms with E-state index in [2.05, 4.69) is 22.3 Å². The Morgan fingerprint density at radius 1 is 0.886 bits per heavy atom. The summed E-state index contributed by atoms with van der Waals surface area (Å²) in [6.45, 7) is 2.67. The monoisotopic (exact) mass is 480 g/mol. The van der Waals surface area contributed by atoms with Crippen molar-refractivity contribution in [1.29, 1.82) is 0 Å². The van der Waals surface area contributed by atoms with Crippen LogP contribution in [0.25, 0.3) is 0 Å². The van der Waals surface area contributed by atoms with Gasteiger partial charge in [0.05, 0.1) is 25.8 Å². The van der Waals surface area contributed by atoms with Gasteiger partial charge in [-0.3, -0.25) is 9.69 Å². The number of methoxy groups -OCH3 is 2. The van der Waals surface area contributed by atoms with Gasteiger partial charge < -0.3 is 14.8 Å². The molecule has 7 heteroatoms. The predicted molar refractivity (Wildman–Crippen MR) is 130 cm³/mol. The topological polar surface area (TPSA) is 50.8 Å². The van der Waals surface area contributed by atoms with Gasteiger partial charge in [-0.1, -0.05) is 36.4 Å². The lowest BCUT2D eigenvalue weighted by molar-refractivity contribution is -0.123. The molecule has 1 N–H and O–H groups in total. The molecule has 184 valence electrons. The van der Waals surface area contributed by atoms with Gasteiger partial charge in [0.25, 0.3) is 0 Å². The van der Waals surface area contributed by atoms with E-state index in [0.29, 0.717) is 19.8 Å². The number of benzene rings is 3. The number of amides is 1. The lowest BCUT2D eigenvalue weighted by Gasteiger charge is -2.30. The molecule has 1 amide bonds. The third-order valence-electron chi connectivity index (χ3n) is 6.29. The number of ether oxygens (including phenoxy) is 2. The van der Waals surface area contributed by atoms with Crippen LogP contribution in [0.15, 0.2) is 60.7 Å². The Labute approximate surface area is 204 Å². The van der Waals surface area contributed by atoms with Crippen LogP contribution in [0.5, 0.6) is 0 Å². The first-order valence-corrected chi connectivity index (χ1v) is 11.6. The summed E-state index contributed by atoms with van der Waals surface area (Å²) >= 11 is 0. The lowest BCUT2D eigenvalue weighted by Crippen LogP contribution is -2.41. The molecule has 3 aromatic carbocycles. The van der Waals surface area contributed by atoms with Crippen molar-refractivity contribution in [2.75, 3.05) is 27.3 Å². The van der Waals surface area contributed by atoms with E-state index in [4.69, 9.17) is 9.47 Å². The molecular weight excluding hydrogens is 450 g/mol. The molecule has 0 bridgehead atoms. The highest BCUT2D eigenvalue weighted by molar-refractivity contribution is 5.79. The van der Waals surface area contributed by atoms with E-state index in [1.807, 2.05) is 0 Å². The van der Waals surface area contributed by atoms with Crippen molar-refractivity contribution in [2.45, 2.75) is 32.2 Å². The second kappa shape index (κ2) is 11.5. The van der Waals surface area contributed by atoms with Crippen LogP contribution in [0.4, 0.5) is 8.78 Å². The largest absolute Gasteiger partial charge is 0.380 e. The van der Waals surface area contributed by atoms with Crippen molar-refractivity contribution < 1.29 is 23.0 Å². The molecular formula is C28H30F2N2O3. The van der Waals surface area contributed by atoms with E-state index < -0.39 is 6.04 Å². The van der Waals surface area contributed by atoms with Crippen LogP contribution in [0.3, 0.4) is 0 Å². The van der Waals surface area contributed by atoms with E-state index in [1.54, 1.807) is 38.5 Å². The zero-order chi connectivity index (χ0) is 24.8. The Morgan fingerprint density at radius 3 is 1.91 bits per heavy atom. The maximum Gasteiger partial charge on any atom is 0.234 e. The standard InChI is InChI=1S/C28H30F2N2O3/c1-34-17-23-13-21-11-12-32(15-22(21)14-24(23)18-35-2)16-27(33)31-28(19-3-7-25(29)8-4-19)20-5-9-26(30)10-6-20/h3-10,13-14,28H,11-12,15-18H2,1-2H3,(H,31,33). The first kappa shape index (κ1) is 25.0. The third kappa shape index (κ3) is 6.31. The molecule has 0 aliphatic carbocycles. The summed E-state index contributed by atoms with van der Waals surface area (Å²) in [6, 6.07) is 15.8. The number of fused-ring (bicyclic) bond motifs is 1. The second-order valence-electron chi connectivity index (χ2n) is 8.82. The van der Waals surface area contributed by atoms with Gasteiger partial charge in [0.2, 0.25) is 5.91 Å². The molecule has 1 aliphatic rings. The molecule has 0 saturated heterocycles. The van der Waals surface area contributed by atoms with Crippen LogP contribution in [-0.2, 0) is 40.4 Å². The fraction of sp³-hybridized carbons (Fsp3) is 0.321. The van der Waals surface area contributed by atoms with Crippen molar-refractivity contribution in [3.05, 3.63) is 106 Å². The van der Waals surface area contributed by atoms with Gasteiger partial charge in [-0.2, -0.15) is 0 Å². The first-order valence-electron chi connectivity index (χ1n) is 11.6. The number of carbonyl (C=O) groups is 1. The van der Waals surface area contributed by atoms with Crippen LogP contribution in [0.2, 0.25) is 0 Å². The van der Waals surface area contributed by atoms with Gasteiger partial charge in [0.1, 0.15) is 11.6 Å². The fourth-order valence-corrected chi connectivity index (χ4v) is 4.56. The molecule has 0 aromatic heterocycles. The van der Waals surface area contributed by atoms with E-state index in [0.717, 1.165) is 35.2 Å². The van der Waals surface area contributed by atoms with Gasteiger partial charge in [-0.15, -0.1) is 0 Å². The maximum absolute atomic E-state index is 13.5. The zero-order valence-electron chi connectivity index (χ0n) is 20.0. The Hall–Kier alpha value is -3.13. The molecule has 35 heavy (non-hydrogen) atoms. The van der Waals surface area contributed by atoms with Crippen LogP contribution in [-0.4, -0.2) is 38.1 Å². The summed E-state index contributed by atoms with van der Waals surface area (Å²) in [6.07, 6.45) is 0.839. The highest BCUT2D eigenvalue weighted by Gasteiger charge is 2.23. The normalized spacial score (nSPS) is 13.6. The number of hydrogen-bond acceptors (Lipinski definition) is 4. The van der Waals surface area contributed by atoms with Gasteiger partial charge >= 0.3 is 0 Å². The van der Waals surface area contributed by atoms with Crippen molar-refractivity contribution >= 4 is 5.91 Å². The molecule has 5 nitrogen and oxygen atoms in total. The lowest BCUT2D eigenvalue weighted by atomic mass is 9.93. The molecule has 0 radical (unpaired) electrons. The van der Waals surface area contributed by atoms with Crippen molar-refractivity contribution in [1.82, 2.24) is 10.2 Å². The highest BCUT2D eigenvalue weighted by atomic mass is 19.1. The number of hydrogen-bond donors (Lipinski definition) is 1. The minimum absolute atomic E-state index is 0.153. The van der Waals surface area contributed by atoms with E-state index in [1.165, 1.54) is 35.4 Å². The van der Waals surface area contributed by atoms with Gasteiger partial charge in [0.15, 0.2) is 0 Å². The van der Waals surface area contributed by atoms with Crippen LogP contribution in [0, 0.1) is 11.6 Å². The minimum Gasteiger partial charge on any atom is -0.380 e. The van der Waals surface area contributed by atoms with Gasteiger partial charge in [0, 0.05) is 27.3 Å². The Balaban J connectivity index is 1.48. The van der Waals surface area contributed by atoms with E-state index in [9.17, 15) is 13.6 Å². The van der Waals surface area contributed by atoms with Crippen LogP contribution >= 0.6 is 0 Å². The molecule has 0 saturated carbocycles. The summed E-state index contributed by atoms with van der Waals surface area (Å²) in [5.74, 6) is -0.863. The summed E-state index contributed by atoms with van der Waals surface area (Å²) in [5.41, 5.74) is 6.12. The zero-order valence-corrected chi connectivity index (χ0v) is 20.0. The van der Waals surface area contributed by atoms with Gasteiger partial charge in [-0.05, 0) is 64.1 Å².